The van der Waals surface area contributed by atoms with Gasteiger partial charge in [0.2, 0.25) is 17.7 Å². The van der Waals surface area contributed by atoms with Gasteiger partial charge < -0.3 is 15.1 Å². The first-order chi connectivity index (χ1) is 13.4. The van der Waals surface area contributed by atoms with E-state index < -0.39 is 0 Å². The minimum atomic E-state index is -0.297. The summed E-state index contributed by atoms with van der Waals surface area (Å²) < 4.78 is 0. The number of para-hydroxylation sites is 1. The molecule has 0 radical (unpaired) electrons. The van der Waals surface area contributed by atoms with Gasteiger partial charge in [-0.3, -0.25) is 14.4 Å². The third-order valence-corrected chi connectivity index (χ3v) is 5.59. The van der Waals surface area contributed by atoms with E-state index in [0.717, 1.165) is 10.6 Å². The number of carbonyl (C=O) groups is 3. The Morgan fingerprint density at radius 3 is 2.64 bits per heavy atom. The van der Waals surface area contributed by atoms with Crippen molar-refractivity contribution in [2.24, 2.45) is 0 Å². The summed E-state index contributed by atoms with van der Waals surface area (Å²) in [6.07, 6.45) is 0.148. The number of nitrogens with zero attached hydrogens (tertiary/aromatic N) is 2. The average Bonchev–Trinajstić information content (AvgIpc) is 2.68. The zero-order valence-corrected chi connectivity index (χ0v) is 16.9. The number of thioether (sulfide) groups is 1. The number of anilines is 2. The quantitative estimate of drug-likeness (QED) is 0.783. The summed E-state index contributed by atoms with van der Waals surface area (Å²) in [5.41, 5.74) is 1.45. The predicted molar refractivity (Wildman–Crippen MR) is 112 cm³/mol. The highest BCUT2D eigenvalue weighted by atomic mass is 35.5. The van der Waals surface area contributed by atoms with Gasteiger partial charge in [0.25, 0.3) is 0 Å². The first-order valence-electron chi connectivity index (χ1n) is 8.75. The number of rotatable bonds is 6. The minimum absolute atomic E-state index is 0.0142. The van der Waals surface area contributed by atoms with E-state index in [4.69, 9.17) is 11.6 Å². The minimum Gasteiger partial charge on any atom is -0.336 e. The second kappa shape index (κ2) is 9.12. The Labute approximate surface area is 172 Å². The molecule has 28 heavy (non-hydrogen) atoms. The van der Waals surface area contributed by atoms with Crippen molar-refractivity contribution in [3.63, 3.8) is 0 Å². The van der Waals surface area contributed by atoms with E-state index in [0.29, 0.717) is 23.0 Å². The van der Waals surface area contributed by atoms with Crippen LogP contribution >= 0.6 is 23.4 Å². The van der Waals surface area contributed by atoms with Gasteiger partial charge >= 0.3 is 0 Å². The number of benzene rings is 2. The van der Waals surface area contributed by atoms with Gasteiger partial charge in [-0.05, 0) is 36.4 Å². The molecular formula is C20H20ClN3O3S. The molecule has 3 rings (SSSR count). The summed E-state index contributed by atoms with van der Waals surface area (Å²) in [5.74, 6) is -0.145. The fourth-order valence-corrected chi connectivity index (χ4v) is 3.90. The first kappa shape index (κ1) is 20.2. The summed E-state index contributed by atoms with van der Waals surface area (Å²) in [7, 11) is 1.57. The van der Waals surface area contributed by atoms with Crippen molar-refractivity contribution in [3.8, 4) is 0 Å². The van der Waals surface area contributed by atoms with Gasteiger partial charge in [0.05, 0.1) is 18.0 Å². The van der Waals surface area contributed by atoms with Crippen molar-refractivity contribution in [1.29, 1.82) is 0 Å². The molecule has 0 spiro atoms. The number of hydrogen-bond donors (Lipinski definition) is 1. The number of likely N-dealkylation sites (N-methyl/N-ethyl adjacent to an activating group) is 1. The molecule has 0 atom stereocenters. The van der Waals surface area contributed by atoms with Gasteiger partial charge in [0.15, 0.2) is 0 Å². The van der Waals surface area contributed by atoms with Crippen molar-refractivity contribution in [2.45, 2.75) is 11.3 Å². The molecule has 0 fully saturated rings. The molecule has 146 valence electrons. The summed E-state index contributed by atoms with van der Waals surface area (Å²) in [5, 5.41) is 3.30. The van der Waals surface area contributed by atoms with Crippen LogP contribution in [0.3, 0.4) is 0 Å². The summed E-state index contributed by atoms with van der Waals surface area (Å²) in [4.78, 5) is 40.8. The number of carbonyl (C=O) groups excluding carboxylic acids is 3. The molecule has 1 aliphatic rings. The smallest absolute Gasteiger partial charge is 0.243 e. The van der Waals surface area contributed by atoms with Gasteiger partial charge in [-0.2, -0.15) is 0 Å². The van der Waals surface area contributed by atoms with Gasteiger partial charge in [0, 0.05) is 35.6 Å². The van der Waals surface area contributed by atoms with Crippen LogP contribution < -0.4 is 10.2 Å². The largest absolute Gasteiger partial charge is 0.336 e. The Bertz CT molecular complexity index is 889. The molecule has 2 aromatic carbocycles. The lowest BCUT2D eigenvalue weighted by Gasteiger charge is -2.29. The molecule has 0 bridgehead atoms. The van der Waals surface area contributed by atoms with Crippen molar-refractivity contribution in [1.82, 2.24) is 4.90 Å². The van der Waals surface area contributed by atoms with E-state index in [1.807, 2.05) is 24.3 Å². The van der Waals surface area contributed by atoms with Crippen LogP contribution in [0, 0.1) is 0 Å². The molecule has 2 aromatic rings. The van der Waals surface area contributed by atoms with Gasteiger partial charge in [-0.15, -0.1) is 11.8 Å². The zero-order valence-electron chi connectivity index (χ0n) is 15.4. The maximum atomic E-state index is 12.4. The Balaban J connectivity index is 1.52. The molecule has 0 unspecified atom stereocenters. The van der Waals surface area contributed by atoms with E-state index >= 15 is 0 Å². The highest BCUT2D eigenvalue weighted by Gasteiger charge is 2.25. The van der Waals surface area contributed by atoms with Gasteiger partial charge in [0.1, 0.15) is 0 Å². The molecule has 0 aliphatic carbocycles. The van der Waals surface area contributed by atoms with E-state index in [1.165, 1.54) is 16.7 Å². The first-order valence-corrected chi connectivity index (χ1v) is 10.1. The molecule has 1 N–H and O–H groups in total. The SMILES string of the molecule is CN(CC(=O)Nc1ccc(Cl)cc1)C(=O)CCN1C(=O)CSc2ccccc21. The van der Waals surface area contributed by atoms with E-state index in [-0.39, 0.29) is 30.7 Å². The third-order valence-electron chi connectivity index (χ3n) is 4.29. The lowest BCUT2D eigenvalue weighted by molar-refractivity contribution is -0.133. The highest BCUT2D eigenvalue weighted by molar-refractivity contribution is 8.00. The fraction of sp³-hybridized carbons (Fsp3) is 0.250. The van der Waals surface area contributed by atoms with Crippen molar-refractivity contribution >= 4 is 52.5 Å². The third kappa shape index (κ3) is 5.05. The average molecular weight is 418 g/mol. The van der Waals surface area contributed by atoms with E-state index in [2.05, 4.69) is 5.32 Å². The fourth-order valence-electron chi connectivity index (χ4n) is 2.83. The van der Waals surface area contributed by atoms with Crippen LogP contribution in [0.4, 0.5) is 11.4 Å². The number of nitrogens with one attached hydrogen (secondary N) is 1. The number of hydrogen-bond acceptors (Lipinski definition) is 4. The van der Waals surface area contributed by atoms with Crippen LogP contribution in [0.2, 0.25) is 5.02 Å². The van der Waals surface area contributed by atoms with Crippen LogP contribution in [-0.2, 0) is 14.4 Å². The van der Waals surface area contributed by atoms with E-state index in [1.54, 1.807) is 36.2 Å². The Morgan fingerprint density at radius 2 is 1.89 bits per heavy atom. The maximum Gasteiger partial charge on any atom is 0.243 e. The molecule has 0 aromatic heterocycles. The van der Waals surface area contributed by atoms with Crippen LogP contribution in [0.15, 0.2) is 53.4 Å². The standard InChI is InChI=1S/C20H20ClN3O3S/c1-23(12-18(25)22-15-8-6-14(21)7-9-15)19(26)10-11-24-16-4-2-3-5-17(16)28-13-20(24)27/h2-9H,10-13H2,1H3,(H,22,25). The zero-order chi connectivity index (χ0) is 20.1. The van der Waals surface area contributed by atoms with Gasteiger partial charge in [-0.1, -0.05) is 23.7 Å². The molecule has 6 nitrogen and oxygen atoms in total. The highest BCUT2D eigenvalue weighted by Crippen LogP contribution is 2.34. The second-order valence-electron chi connectivity index (χ2n) is 6.36. The van der Waals surface area contributed by atoms with Crippen molar-refractivity contribution in [3.05, 3.63) is 53.6 Å². The molecule has 1 aliphatic heterocycles. The Kier molecular flexibility index (Phi) is 6.59. The number of fused-ring (bicyclic) bond motifs is 1. The monoisotopic (exact) mass is 417 g/mol. The topological polar surface area (TPSA) is 69.7 Å². The molecule has 0 saturated heterocycles. The van der Waals surface area contributed by atoms with Crippen LogP contribution in [0.1, 0.15) is 6.42 Å². The summed E-state index contributed by atoms with van der Waals surface area (Å²) >= 11 is 7.32. The second-order valence-corrected chi connectivity index (χ2v) is 7.81. The lowest BCUT2D eigenvalue weighted by Crippen LogP contribution is -2.40. The van der Waals surface area contributed by atoms with Gasteiger partial charge in [-0.25, -0.2) is 0 Å². The Morgan fingerprint density at radius 1 is 1.18 bits per heavy atom. The maximum absolute atomic E-state index is 12.4. The molecule has 0 saturated carbocycles. The van der Waals surface area contributed by atoms with Crippen LogP contribution in [0.25, 0.3) is 0 Å². The van der Waals surface area contributed by atoms with Crippen LogP contribution in [-0.4, -0.2) is 48.5 Å². The number of amides is 3. The number of halogens is 1. The lowest BCUT2D eigenvalue weighted by atomic mass is 10.2. The van der Waals surface area contributed by atoms with E-state index in [9.17, 15) is 14.4 Å². The summed E-state index contributed by atoms with van der Waals surface area (Å²) in [6, 6.07) is 14.4. The molecule has 3 amide bonds. The normalized spacial score (nSPS) is 13.1. The van der Waals surface area contributed by atoms with Crippen molar-refractivity contribution in [2.75, 3.05) is 36.1 Å². The Hall–Kier alpha value is -2.51. The summed E-state index contributed by atoms with van der Waals surface area (Å²) in [6.45, 7) is 0.222. The molecule has 8 heteroatoms. The molecular weight excluding hydrogens is 398 g/mol. The molecule has 1 heterocycles. The van der Waals surface area contributed by atoms with Crippen LogP contribution in [0.5, 0.6) is 0 Å². The van der Waals surface area contributed by atoms with Crippen molar-refractivity contribution < 1.29 is 14.4 Å². The predicted octanol–water partition coefficient (Wildman–Crippen LogP) is 3.27.